The van der Waals surface area contributed by atoms with E-state index in [1.807, 2.05) is 37.3 Å². The zero-order valence-electron chi connectivity index (χ0n) is 16.1. The molecule has 0 spiro atoms. The molecule has 0 saturated carbocycles. The molecule has 4 N–H and O–H groups in total. The normalized spacial score (nSPS) is 10.3. The first-order valence-corrected chi connectivity index (χ1v) is 9.09. The lowest BCUT2D eigenvalue weighted by molar-refractivity contribution is 0.0996. The van der Waals surface area contributed by atoms with Crippen molar-refractivity contribution in [3.63, 3.8) is 0 Å². The summed E-state index contributed by atoms with van der Waals surface area (Å²) < 4.78 is 19.1. The van der Waals surface area contributed by atoms with E-state index in [-0.39, 0.29) is 22.3 Å². The number of fused-ring (bicyclic) bond motifs is 1. The molecule has 1 amide bonds. The summed E-state index contributed by atoms with van der Waals surface area (Å²) in [5.74, 6) is -0.408. The summed E-state index contributed by atoms with van der Waals surface area (Å²) in [7, 11) is 0. The molecule has 152 valence electrons. The van der Waals surface area contributed by atoms with Gasteiger partial charge in [0.05, 0.1) is 10.9 Å². The molecule has 0 saturated heterocycles. The minimum Gasteiger partial charge on any atom is -0.460 e. The van der Waals surface area contributed by atoms with Crippen LogP contribution in [0.3, 0.4) is 0 Å². The number of rotatable bonds is 3. The van der Waals surface area contributed by atoms with Gasteiger partial charge in [0.2, 0.25) is 5.43 Å². The van der Waals surface area contributed by atoms with Gasteiger partial charge in [0.25, 0.3) is 5.91 Å². The van der Waals surface area contributed by atoms with Crippen molar-refractivity contribution >= 4 is 22.7 Å². The number of anilines is 1. The van der Waals surface area contributed by atoms with Gasteiger partial charge in [0.1, 0.15) is 17.2 Å². The summed E-state index contributed by atoms with van der Waals surface area (Å²) in [5, 5.41) is 0.279. The van der Waals surface area contributed by atoms with Crippen molar-refractivity contribution in [2.75, 3.05) is 5.73 Å². The number of hydrogen-bond donors (Lipinski definition) is 2. The Morgan fingerprint density at radius 2 is 1.80 bits per heavy atom. The highest BCUT2D eigenvalue weighted by Crippen LogP contribution is 2.25. The van der Waals surface area contributed by atoms with Crippen LogP contribution in [0.25, 0.3) is 22.1 Å². The third-order valence-corrected chi connectivity index (χ3v) is 4.27. The number of hydrogen-bond acceptors (Lipinski definition) is 6. The lowest BCUT2D eigenvalue weighted by atomic mass is 10.0. The van der Waals surface area contributed by atoms with Crippen LogP contribution in [-0.2, 0) is 6.42 Å². The Bertz CT molecular complexity index is 1260. The van der Waals surface area contributed by atoms with Gasteiger partial charge in [-0.15, -0.1) is 0 Å². The van der Waals surface area contributed by atoms with Gasteiger partial charge in [-0.2, -0.15) is 0 Å². The van der Waals surface area contributed by atoms with Crippen LogP contribution in [0.5, 0.6) is 0 Å². The first-order chi connectivity index (χ1) is 14.4. The van der Waals surface area contributed by atoms with E-state index in [9.17, 15) is 14.0 Å². The van der Waals surface area contributed by atoms with E-state index in [0.717, 1.165) is 5.56 Å². The number of halogens is 1. The molecule has 0 aliphatic rings. The van der Waals surface area contributed by atoms with Gasteiger partial charge in [0, 0.05) is 18.8 Å². The number of nitrogens with zero attached hydrogens (tertiary/aromatic N) is 2. The number of nitrogen functional groups attached to an aromatic ring is 1. The van der Waals surface area contributed by atoms with Gasteiger partial charge >= 0.3 is 0 Å². The maximum atomic E-state index is 13.4. The second-order valence-electron chi connectivity index (χ2n) is 6.24. The molecule has 0 aliphatic carbocycles. The first kappa shape index (κ1) is 20.7. The van der Waals surface area contributed by atoms with E-state index in [1.165, 1.54) is 30.6 Å². The van der Waals surface area contributed by atoms with Crippen molar-refractivity contribution in [1.82, 2.24) is 9.97 Å². The third-order valence-electron chi connectivity index (χ3n) is 4.27. The lowest BCUT2D eigenvalue weighted by Gasteiger charge is -2.08. The molecule has 8 heteroatoms. The topological polar surface area (TPSA) is 125 Å². The average molecular weight is 406 g/mol. The zero-order valence-corrected chi connectivity index (χ0v) is 16.1. The maximum absolute atomic E-state index is 13.4. The third kappa shape index (κ3) is 4.33. The van der Waals surface area contributed by atoms with Crippen molar-refractivity contribution in [1.29, 1.82) is 0 Å². The number of aryl methyl sites for hydroxylation is 1. The summed E-state index contributed by atoms with van der Waals surface area (Å²) >= 11 is 0. The van der Waals surface area contributed by atoms with Gasteiger partial charge in [-0.1, -0.05) is 37.3 Å². The number of aromatic nitrogens is 2. The Morgan fingerprint density at radius 3 is 2.40 bits per heavy atom. The summed E-state index contributed by atoms with van der Waals surface area (Å²) in [6.07, 6.45) is 3.35. The molecule has 0 unspecified atom stereocenters. The van der Waals surface area contributed by atoms with Crippen LogP contribution >= 0.6 is 0 Å². The van der Waals surface area contributed by atoms with Crippen LogP contribution in [0.15, 0.2) is 70.1 Å². The van der Waals surface area contributed by atoms with Crippen LogP contribution in [0.4, 0.5) is 10.2 Å². The molecule has 2 aromatic carbocycles. The largest absolute Gasteiger partial charge is 0.460 e. The van der Waals surface area contributed by atoms with E-state index in [1.54, 1.807) is 0 Å². The minimum atomic E-state index is -0.661. The van der Waals surface area contributed by atoms with Crippen LogP contribution < -0.4 is 16.9 Å². The summed E-state index contributed by atoms with van der Waals surface area (Å²) in [6.45, 7) is 1.93. The number of primary amides is 1. The molecule has 4 aromatic rings. The van der Waals surface area contributed by atoms with Crippen molar-refractivity contribution in [3.8, 4) is 11.1 Å². The predicted octanol–water partition coefficient (Wildman–Crippen LogP) is 3.32. The molecular weight excluding hydrogens is 387 g/mol. The van der Waals surface area contributed by atoms with E-state index in [2.05, 4.69) is 9.97 Å². The van der Waals surface area contributed by atoms with E-state index < -0.39 is 11.7 Å². The quantitative estimate of drug-likeness (QED) is 0.538. The molecule has 2 heterocycles. The standard InChI is InChI=1S/C17H13FO2.C5H6N4O/c1-2-14-16(11-6-4-3-5-7-11)17(19)13-10-12(18)8-9-15(13)20-14;6-4-3(5(7)10)8-1-2-9-4/h3-10H,2H2,1H3;1-2H,(H2,6,9)(H2,7,10). The van der Waals surface area contributed by atoms with E-state index in [4.69, 9.17) is 15.9 Å². The molecule has 4 rings (SSSR count). The highest BCUT2D eigenvalue weighted by Gasteiger charge is 2.15. The lowest BCUT2D eigenvalue weighted by Crippen LogP contribution is -2.16. The van der Waals surface area contributed by atoms with Crippen LogP contribution in [0, 0.1) is 5.82 Å². The summed E-state index contributed by atoms with van der Waals surface area (Å²) in [5.41, 5.74) is 11.7. The SMILES string of the molecule is CCc1oc2ccc(F)cc2c(=O)c1-c1ccccc1.NC(=O)c1nccnc1N. The number of amides is 1. The fourth-order valence-corrected chi connectivity index (χ4v) is 2.90. The molecule has 0 atom stereocenters. The van der Waals surface area contributed by atoms with Gasteiger partial charge in [-0.3, -0.25) is 9.59 Å². The highest BCUT2D eigenvalue weighted by atomic mass is 19.1. The second-order valence-corrected chi connectivity index (χ2v) is 6.24. The fraction of sp³-hybridized carbons (Fsp3) is 0.0909. The summed E-state index contributed by atoms with van der Waals surface area (Å²) in [6, 6.07) is 13.4. The van der Waals surface area contributed by atoms with E-state index >= 15 is 0 Å². The fourth-order valence-electron chi connectivity index (χ4n) is 2.90. The Labute approximate surface area is 171 Å². The predicted molar refractivity (Wildman–Crippen MR) is 112 cm³/mol. The Morgan fingerprint density at radius 1 is 1.10 bits per heavy atom. The minimum absolute atomic E-state index is 0.0162. The van der Waals surface area contributed by atoms with Gasteiger partial charge in [0.15, 0.2) is 11.5 Å². The first-order valence-electron chi connectivity index (χ1n) is 9.09. The molecule has 30 heavy (non-hydrogen) atoms. The molecular formula is C22H19FN4O3. The van der Waals surface area contributed by atoms with Crippen molar-refractivity contribution < 1.29 is 13.6 Å². The van der Waals surface area contributed by atoms with E-state index in [0.29, 0.717) is 23.3 Å². The monoisotopic (exact) mass is 406 g/mol. The number of carbonyl (C=O) groups excluding carboxylic acids is 1. The molecule has 0 radical (unpaired) electrons. The van der Waals surface area contributed by atoms with Gasteiger partial charge in [-0.05, 0) is 23.8 Å². The number of nitrogens with two attached hydrogens (primary N) is 2. The molecule has 0 bridgehead atoms. The Balaban J connectivity index is 0.000000216. The van der Waals surface area contributed by atoms with Crippen molar-refractivity contribution in [2.45, 2.75) is 13.3 Å². The smallest absolute Gasteiger partial charge is 0.271 e. The second kappa shape index (κ2) is 8.95. The average Bonchev–Trinajstić information content (AvgIpc) is 2.75. The van der Waals surface area contributed by atoms with Crippen molar-refractivity contribution in [2.24, 2.45) is 5.73 Å². The summed E-state index contributed by atoms with van der Waals surface area (Å²) in [4.78, 5) is 30.3. The molecule has 0 aliphatic heterocycles. The number of carbonyl (C=O) groups is 1. The molecule has 2 aromatic heterocycles. The molecule has 0 fully saturated rings. The number of benzene rings is 2. The zero-order chi connectivity index (χ0) is 21.7. The Kier molecular flexibility index (Phi) is 6.17. The van der Waals surface area contributed by atoms with Crippen LogP contribution in [0.2, 0.25) is 0 Å². The van der Waals surface area contributed by atoms with Crippen molar-refractivity contribution in [3.05, 3.63) is 88.4 Å². The van der Waals surface area contributed by atoms with Gasteiger partial charge < -0.3 is 15.9 Å². The highest BCUT2D eigenvalue weighted by molar-refractivity contribution is 5.94. The van der Waals surface area contributed by atoms with Crippen LogP contribution in [-0.4, -0.2) is 15.9 Å². The Hall–Kier alpha value is -4.07. The van der Waals surface area contributed by atoms with Crippen LogP contribution in [0.1, 0.15) is 23.2 Å². The maximum Gasteiger partial charge on any atom is 0.271 e. The van der Waals surface area contributed by atoms with Gasteiger partial charge in [-0.25, -0.2) is 14.4 Å². The molecule has 7 nitrogen and oxygen atoms in total.